The number of likely N-dealkylation sites (tertiary alicyclic amines) is 1. The minimum Gasteiger partial charge on any atom is -0.352 e. The van der Waals surface area contributed by atoms with E-state index in [1.54, 1.807) is 29.2 Å². The van der Waals surface area contributed by atoms with Crippen molar-refractivity contribution in [3.05, 3.63) is 82.8 Å². The molecule has 0 bridgehead atoms. The molecule has 2 aromatic carbocycles. The van der Waals surface area contributed by atoms with Gasteiger partial charge in [-0.2, -0.15) is 13.2 Å². The van der Waals surface area contributed by atoms with E-state index in [1.807, 2.05) is 0 Å². The molecule has 1 aliphatic rings. The summed E-state index contributed by atoms with van der Waals surface area (Å²) in [4.78, 5) is 26.9. The number of nitrogens with zero attached hydrogens (tertiary/aromatic N) is 1. The summed E-state index contributed by atoms with van der Waals surface area (Å²) < 4.78 is 63.4. The molecule has 0 saturated carbocycles. The van der Waals surface area contributed by atoms with E-state index < -0.39 is 21.8 Å². The molecular weight excluding hydrogens is 483 g/mol. The summed E-state index contributed by atoms with van der Waals surface area (Å²) in [7, 11) is -3.52. The third kappa shape index (κ3) is 7.66. The van der Waals surface area contributed by atoms with Crippen LogP contribution < -0.4 is 10.0 Å². The van der Waals surface area contributed by atoms with E-state index in [-0.39, 0.29) is 37.2 Å². The number of amides is 2. The van der Waals surface area contributed by atoms with Crippen LogP contribution in [0.4, 0.5) is 13.2 Å². The van der Waals surface area contributed by atoms with Crippen molar-refractivity contribution in [3.8, 4) is 0 Å². The highest BCUT2D eigenvalue weighted by Gasteiger charge is 2.30. The summed E-state index contributed by atoms with van der Waals surface area (Å²) in [6, 6.07) is 11.2. The number of halogens is 3. The fraction of sp³-hybridized carbons (Fsp3) is 0.333. The molecule has 0 radical (unpaired) electrons. The Balaban J connectivity index is 1.51. The van der Waals surface area contributed by atoms with Crippen molar-refractivity contribution in [3.63, 3.8) is 0 Å². The Hall–Kier alpha value is -3.18. The summed E-state index contributed by atoms with van der Waals surface area (Å²) in [6.45, 7) is 4.46. The average Bonchev–Trinajstić information content (AvgIpc) is 3.30. The second kappa shape index (κ2) is 11.0. The normalized spacial score (nSPS) is 16.2. The third-order valence-electron chi connectivity index (χ3n) is 5.68. The Kier molecular flexibility index (Phi) is 8.34. The highest BCUT2D eigenvalue weighted by molar-refractivity contribution is 7.92. The number of benzene rings is 2. The van der Waals surface area contributed by atoms with Gasteiger partial charge in [-0.1, -0.05) is 30.8 Å². The standard InChI is InChI=1S/C24H26F3N3O4S/c1-2-35(33,34)29-15-19-10-11-30(16-19)23(32)20-5-3-4-18(12-20)13-22(31)28-14-17-6-8-21(9-7-17)24(25,26)27/h2-9,12,19,29H,1,10-11,13-16H2,(H,28,31)/t19-/m1/s1. The number of alkyl halides is 3. The molecule has 0 aromatic heterocycles. The van der Waals surface area contributed by atoms with Gasteiger partial charge in [0.05, 0.1) is 12.0 Å². The van der Waals surface area contributed by atoms with Crippen LogP contribution in [0.3, 0.4) is 0 Å². The predicted octanol–water partition coefficient (Wildman–Crippen LogP) is 3.09. The van der Waals surface area contributed by atoms with Gasteiger partial charge < -0.3 is 10.2 Å². The molecule has 188 valence electrons. The van der Waals surface area contributed by atoms with E-state index in [9.17, 15) is 31.2 Å². The Morgan fingerprint density at radius 1 is 1.11 bits per heavy atom. The molecule has 0 spiro atoms. The van der Waals surface area contributed by atoms with Crippen LogP contribution in [0.15, 0.2) is 60.5 Å². The quantitative estimate of drug-likeness (QED) is 0.543. The number of carbonyl (C=O) groups is 2. The maximum Gasteiger partial charge on any atom is 0.416 e. The number of carbonyl (C=O) groups excluding carboxylic acids is 2. The van der Waals surface area contributed by atoms with Crippen LogP contribution in [-0.4, -0.2) is 44.8 Å². The van der Waals surface area contributed by atoms with Crippen LogP contribution in [0.2, 0.25) is 0 Å². The van der Waals surface area contributed by atoms with E-state index in [0.29, 0.717) is 36.2 Å². The number of hydrogen-bond donors (Lipinski definition) is 2. The van der Waals surface area contributed by atoms with Gasteiger partial charge in [-0.25, -0.2) is 13.1 Å². The van der Waals surface area contributed by atoms with Crippen LogP contribution in [0, 0.1) is 5.92 Å². The lowest BCUT2D eigenvalue weighted by atomic mass is 10.1. The molecular formula is C24H26F3N3O4S. The van der Waals surface area contributed by atoms with Crippen molar-refractivity contribution in [1.29, 1.82) is 0 Å². The van der Waals surface area contributed by atoms with Crippen molar-refractivity contribution < 1.29 is 31.2 Å². The largest absolute Gasteiger partial charge is 0.416 e. The van der Waals surface area contributed by atoms with Crippen molar-refractivity contribution >= 4 is 21.8 Å². The van der Waals surface area contributed by atoms with Crippen molar-refractivity contribution in [2.24, 2.45) is 5.92 Å². The molecule has 2 amide bonds. The SMILES string of the molecule is C=CS(=O)(=O)NC[C@H]1CCN(C(=O)c2cccc(CC(=O)NCc3ccc(C(F)(F)F)cc3)c2)C1. The number of hydrogen-bond acceptors (Lipinski definition) is 4. The van der Waals surface area contributed by atoms with E-state index >= 15 is 0 Å². The average molecular weight is 510 g/mol. The summed E-state index contributed by atoms with van der Waals surface area (Å²) in [6.07, 6.45) is -3.74. The molecule has 7 nitrogen and oxygen atoms in total. The molecule has 0 aliphatic carbocycles. The second-order valence-corrected chi connectivity index (χ2v) is 10.0. The highest BCUT2D eigenvalue weighted by Crippen LogP contribution is 2.29. The first-order valence-corrected chi connectivity index (χ1v) is 12.4. The van der Waals surface area contributed by atoms with Gasteiger partial charge in [-0.05, 0) is 47.7 Å². The van der Waals surface area contributed by atoms with Crippen LogP contribution in [-0.2, 0) is 34.0 Å². The number of nitrogens with one attached hydrogen (secondary N) is 2. The second-order valence-electron chi connectivity index (χ2n) is 8.31. The van der Waals surface area contributed by atoms with Gasteiger partial charge in [0.25, 0.3) is 5.91 Å². The monoisotopic (exact) mass is 509 g/mol. The maximum atomic E-state index is 12.9. The zero-order valence-electron chi connectivity index (χ0n) is 18.8. The molecule has 11 heteroatoms. The lowest BCUT2D eigenvalue weighted by Crippen LogP contribution is -2.32. The predicted molar refractivity (Wildman–Crippen MR) is 125 cm³/mol. The van der Waals surface area contributed by atoms with Crippen LogP contribution in [0.1, 0.15) is 33.5 Å². The van der Waals surface area contributed by atoms with E-state index in [2.05, 4.69) is 16.6 Å². The molecule has 1 aliphatic heterocycles. The molecule has 1 saturated heterocycles. The van der Waals surface area contributed by atoms with Crippen molar-refractivity contribution in [2.45, 2.75) is 25.6 Å². The molecule has 2 N–H and O–H groups in total. The molecule has 0 unspecified atom stereocenters. The van der Waals surface area contributed by atoms with Gasteiger partial charge in [-0.15, -0.1) is 0 Å². The Morgan fingerprint density at radius 2 is 1.83 bits per heavy atom. The molecule has 1 heterocycles. The third-order valence-corrected chi connectivity index (χ3v) is 6.68. The first-order chi connectivity index (χ1) is 16.5. The minimum absolute atomic E-state index is 0.00664. The van der Waals surface area contributed by atoms with Gasteiger partial charge in [0.15, 0.2) is 0 Å². The van der Waals surface area contributed by atoms with Gasteiger partial charge in [0.1, 0.15) is 0 Å². The van der Waals surface area contributed by atoms with Gasteiger partial charge in [-0.3, -0.25) is 9.59 Å². The summed E-state index contributed by atoms with van der Waals surface area (Å²) in [5.74, 6) is -0.538. The topological polar surface area (TPSA) is 95.6 Å². The lowest BCUT2D eigenvalue weighted by molar-refractivity contribution is -0.137. The zero-order valence-corrected chi connectivity index (χ0v) is 19.7. The Morgan fingerprint density at radius 3 is 2.49 bits per heavy atom. The van der Waals surface area contributed by atoms with E-state index in [0.717, 1.165) is 17.5 Å². The molecule has 35 heavy (non-hydrogen) atoms. The first-order valence-electron chi connectivity index (χ1n) is 10.9. The highest BCUT2D eigenvalue weighted by atomic mass is 32.2. The lowest BCUT2D eigenvalue weighted by Gasteiger charge is -2.17. The Labute approximate surface area is 202 Å². The summed E-state index contributed by atoms with van der Waals surface area (Å²) in [5, 5.41) is 3.51. The smallest absolute Gasteiger partial charge is 0.352 e. The van der Waals surface area contributed by atoms with Crippen molar-refractivity contribution in [1.82, 2.24) is 14.9 Å². The maximum absolute atomic E-state index is 12.9. The van der Waals surface area contributed by atoms with E-state index in [4.69, 9.17) is 0 Å². The Bertz CT molecular complexity index is 1180. The molecule has 1 atom stereocenters. The van der Waals surface area contributed by atoms with Crippen LogP contribution >= 0.6 is 0 Å². The molecule has 3 rings (SSSR count). The van der Waals surface area contributed by atoms with Gasteiger partial charge in [0, 0.05) is 37.2 Å². The number of sulfonamides is 1. The zero-order chi connectivity index (χ0) is 25.6. The fourth-order valence-electron chi connectivity index (χ4n) is 3.73. The summed E-state index contributed by atoms with van der Waals surface area (Å²) >= 11 is 0. The van der Waals surface area contributed by atoms with E-state index in [1.165, 1.54) is 12.1 Å². The first kappa shape index (κ1) is 26.4. The molecule has 2 aromatic rings. The van der Waals surface area contributed by atoms with Crippen LogP contribution in [0.5, 0.6) is 0 Å². The van der Waals surface area contributed by atoms with Gasteiger partial charge in [0.2, 0.25) is 15.9 Å². The minimum atomic E-state index is -4.41. The summed E-state index contributed by atoms with van der Waals surface area (Å²) in [5.41, 5.74) is 0.825. The van der Waals surface area contributed by atoms with Gasteiger partial charge >= 0.3 is 6.18 Å². The number of rotatable bonds is 9. The molecule has 1 fully saturated rings. The fourth-order valence-corrected chi connectivity index (χ4v) is 4.32. The van der Waals surface area contributed by atoms with Crippen LogP contribution in [0.25, 0.3) is 0 Å². The van der Waals surface area contributed by atoms with Crippen molar-refractivity contribution in [2.75, 3.05) is 19.6 Å².